The van der Waals surface area contributed by atoms with Gasteiger partial charge in [-0.15, -0.1) is 0 Å². The highest BCUT2D eigenvalue weighted by Gasteiger charge is 2.38. The molecule has 25 heavy (non-hydrogen) atoms. The van der Waals surface area contributed by atoms with Crippen LogP contribution in [0.5, 0.6) is 11.5 Å². The number of carbonyl (C=O) groups excluding carboxylic acids is 1. The molecule has 0 spiro atoms. The molecule has 132 valence electrons. The van der Waals surface area contributed by atoms with Gasteiger partial charge in [0.25, 0.3) is 5.91 Å². The topological polar surface area (TPSA) is 67.8 Å². The molecular formula is C19H20FNO4. The number of aryl methyl sites for hydroxylation is 1. The average molecular weight is 345 g/mol. The highest BCUT2D eigenvalue weighted by Crippen LogP contribution is 2.42. The van der Waals surface area contributed by atoms with Crippen LogP contribution in [0.4, 0.5) is 4.39 Å². The van der Waals surface area contributed by atoms with Crippen molar-refractivity contribution in [2.75, 3.05) is 20.8 Å². The number of halogens is 1. The van der Waals surface area contributed by atoms with Gasteiger partial charge in [0.15, 0.2) is 11.5 Å². The number of methoxy groups -OCH3 is 2. The molecule has 1 amide bonds. The van der Waals surface area contributed by atoms with Crippen molar-refractivity contribution in [3.8, 4) is 11.5 Å². The van der Waals surface area contributed by atoms with Gasteiger partial charge in [-0.05, 0) is 60.4 Å². The van der Waals surface area contributed by atoms with Gasteiger partial charge >= 0.3 is 0 Å². The molecule has 2 N–H and O–H groups in total. The van der Waals surface area contributed by atoms with Crippen LogP contribution in [-0.2, 0) is 12.0 Å². The average Bonchev–Trinajstić information content (AvgIpc) is 2.95. The molecule has 1 aliphatic carbocycles. The van der Waals surface area contributed by atoms with Gasteiger partial charge < -0.3 is 19.9 Å². The van der Waals surface area contributed by atoms with Gasteiger partial charge in [-0.1, -0.05) is 0 Å². The van der Waals surface area contributed by atoms with Crippen LogP contribution in [0.2, 0.25) is 0 Å². The van der Waals surface area contributed by atoms with Gasteiger partial charge in [0.05, 0.1) is 20.8 Å². The number of hydrogen-bond acceptors (Lipinski definition) is 4. The van der Waals surface area contributed by atoms with E-state index in [-0.39, 0.29) is 12.5 Å². The van der Waals surface area contributed by atoms with E-state index in [1.165, 1.54) is 31.4 Å². The molecule has 2 aromatic rings. The van der Waals surface area contributed by atoms with E-state index in [0.29, 0.717) is 29.9 Å². The fourth-order valence-electron chi connectivity index (χ4n) is 3.15. The predicted octanol–water partition coefficient (Wildman–Crippen LogP) is 2.41. The van der Waals surface area contributed by atoms with Gasteiger partial charge in [-0.25, -0.2) is 4.39 Å². The van der Waals surface area contributed by atoms with Gasteiger partial charge in [0.1, 0.15) is 11.4 Å². The van der Waals surface area contributed by atoms with Crippen LogP contribution >= 0.6 is 0 Å². The number of hydrogen-bond donors (Lipinski definition) is 2. The summed E-state index contributed by atoms with van der Waals surface area (Å²) in [6.07, 6.45) is 1.17. The summed E-state index contributed by atoms with van der Waals surface area (Å²) in [5.41, 5.74) is 0.862. The number of benzene rings is 2. The van der Waals surface area contributed by atoms with Gasteiger partial charge in [0, 0.05) is 5.56 Å². The second kappa shape index (κ2) is 6.72. The van der Waals surface area contributed by atoms with E-state index in [1.807, 2.05) is 6.07 Å². The summed E-state index contributed by atoms with van der Waals surface area (Å²) in [6.45, 7) is 0.0612. The van der Waals surface area contributed by atoms with Crippen LogP contribution in [0.1, 0.15) is 27.9 Å². The van der Waals surface area contributed by atoms with E-state index in [9.17, 15) is 14.3 Å². The first-order chi connectivity index (χ1) is 12.0. The zero-order valence-corrected chi connectivity index (χ0v) is 14.1. The third kappa shape index (κ3) is 3.30. The number of carbonyl (C=O) groups is 1. The van der Waals surface area contributed by atoms with Gasteiger partial charge in [-0.3, -0.25) is 4.79 Å². The van der Waals surface area contributed by atoms with Crippen LogP contribution in [-0.4, -0.2) is 31.8 Å². The Labute approximate surface area is 145 Å². The van der Waals surface area contributed by atoms with Gasteiger partial charge in [0.2, 0.25) is 0 Å². The quantitative estimate of drug-likeness (QED) is 0.873. The second-order valence-corrected chi connectivity index (χ2v) is 6.09. The Hall–Kier alpha value is -2.60. The summed E-state index contributed by atoms with van der Waals surface area (Å²) in [5.74, 6) is 0.385. The Morgan fingerprint density at radius 3 is 2.48 bits per heavy atom. The lowest BCUT2D eigenvalue weighted by atomic mass is 9.95. The molecule has 0 radical (unpaired) electrons. The summed E-state index contributed by atoms with van der Waals surface area (Å²) in [4.78, 5) is 12.2. The predicted molar refractivity (Wildman–Crippen MR) is 90.5 cm³/mol. The number of ether oxygens (including phenoxy) is 2. The fourth-order valence-corrected chi connectivity index (χ4v) is 3.15. The molecule has 0 aromatic heterocycles. The van der Waals surface area contributed by atoms with Crippen molar-refractivity contribution < 1.29 is 23.8 Å². The summed E-state index contributed by atoms with van der Waals surface area (Å²) >= 11 is 0. The summed E-state index contributed by atoms with van der Waals surface area (Å²) in [5, 5.41) is 13.7. The van der Waals surface area contributed by atoms with Gasteiger partial charge in [-0.2, -0.15) is 0 Å². The van der Waals surface area contributed by atoms with Crippen molar-refractivity contribution in [3.05, 3.63) is 58.9 Å². The molecule has 3 rings (SSSR count). The number of rotatable bonds is 5. The smallest absolute Gasteiger partial charge is 0.251 e. The third-order valence-electron chi connectivity index (χ3n) is 4.57. The van der Waals surface area contributed by atoms with E-state index in [1.54, 1.807) is 13.2 Å². The third-order valence-corrected chi connectivity index (χ3v) is 4.57. The first kappa shape index (κ1) is 17.2. The standard InChI is InChI=1S/C19H20FNO4/c1-24-16-9-13-7-8-19(23,15(13)10-17(16)25-2)11-21-18(22)12-3-5-14(20)6-4-12/h3-6,9-10,23H,7-8,11H2,1-2H3,(H,21,22). The van der Waals surface area contributed by atoms with E-state index < -0.39 is 11.4 Å². The lowest BCUT2D eigenvalue weighted by Crippen LogP contribution is -2.39. The largest absolute Gasteiger partial charge is 0.493 e. The van der Waals surface area contributed by atoms with E-state index in [0.717, 1.165) is 11.1 Å². The Kier molecular flexibility index (Phi) is 4.63. The van der Waals surface area contributed by atoms with Crippen molar-refractivity contribution in [3.63, 3.8) is 0 Å². The van der Waals surface area contributed by atoms with Crippen molar-refractivity contribution in [2.24, 2.45) is 0 Å². The normalized spacial score (nSPS) is 18.6. The van der Waals surface area contributed by atoms with Crippen molar-refractivity contribution in [2.45, 2.75) is 18.4 Å². The fraction of sp³-hybridized carbons (Fsp3) is 0.316. The Bertz CT molecular complexity index is 791. The Morgan fingerprint density at radius 1 is 1.20 bits per heavy atom. The molecule has 0 saturated heterocycles. The van der Waals surface area contributed by atoms with Crippen LogP contribution in [0.25, 0.3) is 0 Å². The maximum atomic E-state index is 12.9. The summed E-state index contributed by atoms with van der Waals surface area (Å²) in [7, 11) is 3.10. The SMILES string of the molecule is COc1cc2c(cc1OC)C(O)(CNC(=O)c1ccc(F)cc1)CC2. The molecule has 0 saturated carbocycles. The Balaban J connectivity index is 1.78. The first-order valence-corrected chi connectivity index (χ1v) is 7.98. The molecular weight excluding hydrogens is 325 g/mol. The second-order valence-electron chi connectivity index (χ2n) is 6.09. The number of fused-ring (bicyclic) bond motifs is 1. The highest BCUT2D eigenvalue weighted by atomic mass is 19.1. The number of nitrogens with one attached hydrogen (secondary N) is 1. The maximum absolute atomic E-state index is 12.9. The van der Waals surface area contributed by atoms with Crippen LogP contribution in [0.15, 0.2) is 36.4 Å². The first-order valence-electron chi connectivity index (χ1n) is 7.98. The minimum absolute atomic E-state index is 0.0612. The Morgan fingerprint density at radius 2 is 1.84 bits per heavy atom. The maximum Gasteiger partial charge on any atom is 0.251 e. The van der Waals surface area contributed by atoms with Crippen LogP contribution in [0.3, 0.4) is 0 Å². The lowest BCUT2D eigenvalue weighted by Gasteiger charge is -2.25. The molecule has 0 heterocycles. The molecule has 0 fully saturated rings. The summed E-state index contributed by atoms with van der Waals surface area (Å²) in [6, 6.07) is 8.88. The molecule has 6 heteroatoms. The van der Waals surface area contributed by atoms with Crippen LogP contribution in [0, 0.1) is 5.82 Å². The van der Waals surface area contributed by atoms with E-state index in [2.05, 4.69) is 5.32 Å². The van der Waals surface area contributed by atoms with Crippen molar-refractivity contribution >= 4 is 5.91 Å². The number of amides is 1. The molecule has 1 atom stereocenters. The number of aliphatic hydroxyl groups is 1. The monoisotopic (exact) mass is 345 g/mol. The minimum Gasteiger partial charge on any atom is -0.493 e. The summed E-state index contributed by atoms with van der Waals surface area (Å²) < 4.78 is 23.5. The molecule has 0 aliphatic heterocycles. The van der Waals surface area contributed by atoms with Crippen molar-refractivity contribution in [1.82, 2.24) is 5.32 Å². The molecule has 2 aromatic carbocycles. The highest BCUT2D eigenvalue weighted by molar-refractivity contribution is 5.94. The minimum atomic E-state index is -1.18. The lowest BCUT2D eigenvalue weighted by molar-refractivity contribution is 0.0368. The van der Waals surface area contributed by atoms with E-state index in [4.69, 9.17) is 9.47 Å². The van der Waals surface area contributed by atoms with Crippen molar-refractivity contribution in [1.29, 1.82) is 0 Å². The molecule has 1 aliphatic rings. The molecule has 5 nitrogen and oxygen atoms in total. The zero-order chi connectivity index (χ0) is 18.0. The molecule has 0 bridgehead atoms. The molecule has 1 unspecified atom stereocenters. The van der Waals surface area contributed by atoms with Crippen LogP contribution < -0.4 is 14.8 Å². The zero-order valence-electron chi connectivity index (χ0n) is 14.1. The van der Waals surface area contributed by atoms with E-state index >= 15 is 0 Å².